The third-order valence-electron chi connectivity index (χ3n) is 4.74. The van der Waals surface area contributed by atoms with Gasteiger partial charge in [-0.3, -0.25) is 14.5 Å². The van der Waals surface area contributed by atoms with Gasteiger partial charge in [0, 0.05) is 6.42 Å². The normalized spacial score (nSPS) is 22.9. The molecule has 2 fully saturated rings. The maximum atomic E-state index is 12.8. The van der Waals surface area contributed by atoms with Crippen LogP contribution in [0.1, 0.15) is 25.3 Å². The topological polar surface area (TPSA) is 92.8 Å². The highest BCUT2D eigenvalue weighted by Gasteiger charge is 2.42. The lowest BCUT2D eigenvalue weighted by molar-refractivity contribution is -0.124. The summed E-state index contributed by atoms with van der Waals surface area (Å²) in [7, 11) is -3.14. The summed E-state index contributed by atoms with van der Waals surface area (Å²) in [5.41, 5.74) is 0.694. The first-order valence-corrected chi connectivity index (χ1v) is 13.7. The minimum Gasteiger partial charge on any atom is -0.466 e. The standard InChI is InChI=1S/C19H19Cl3N2O5S3/c1-2-15(25)23-17(19(20,21)22)29-13-5-3-11(4-6-13)9-14-16(26)24(18(30)31-14)12-7-8-32(27,28)10-12/h3-6,9,12,17H,2,7-8,10H2,1H3,(H,23,25)/b14-9-/t12-,17+/m1/s1. The zero-order chi connectivity index (χ0) is 23.7. The summed E-state index contributed by atoms with van der Waals surface area (Å²) in [6.07, 6.45) is 1.06. The van der Waals surface area contributed by atoms with Crippen LogP contribution in [0.2, 0.25) is 0 Å². The highest BCUT2D eigenvalue weighted by atomic mass is 35.6. The summed E-state index contributed by atoms with van der Waals surface area (Å²) in [6, 6.07) is 6.18. The fourth-order valence-electron chi connectivity index (χ4n) is 3.13. The molecule has 13 heteroatoms. The number of nitrogens with zero attached hydrogens (tertiary/aromatic N) is 1. The Labute approximate surface area is 210 Å². The zero-order valence-electron chi connectivity index (χ0n) is 16.7. The Kier molecular flexibility index (Phi) is 8.05. The van der Waals surface area contributed by atoms with Gasteiger partial charge in [0.1, 0.15) is 10.1 Å². The Morgan fingerprint density at radius 1 is 1.38 bits per heavy atom. The molecule has 1 aromatic rings. The van der Waals surface area contributed by atoms with Gasteiger partial charge in [-0.15, -0.1) is 0 Å². The number of hydrogen-bond acceptors (Lipinski definition) is 7. The van der Waals surface area contributed by atoms with E-state index in [0.29, 0.717) is 27.0 Å². The number of thioether (sulfide) groups is 1. The fourth-order valence-corrected chi connectivity index (χ4v) is 6.53. The largest absolute Gasteiger partial charge is 0.466 e. The average Bonchev–Trinajstić information content (AvgIpc) is 3.19. The van der Waals surface area contributed by atoms with Gasteiger partial charge in [0.05, 0.1) is 22.5 Å². The lowest BCUT2D eigenvalue weighted by Crippen LogP contribution is -2.47. The van der Waals surface area contributed by atoms with Crippen molar-refractivity contribution in [1.82, 2.24) is 10.2 Å². The van der Waals surface area contributed by atoms with E-state index in [0.717, 1.165) is 11.8 Å². The molecule has 1 aromatic carbocycles. The molecule has 174 valence electrons. The van der Waals surface area contributed by atoms with E-state index in [9.17, 15) is 18.0 Å². The molecule has 0 unspecified atom stereocenters. The van der Waals surface area contributed by atoms with Crippen molar-refractivity contribution in [1.29, 1.82) is 0 Å². The van der Waals surface area contributed by atoms with Crippen LogP contribution in [0.5, 0.6) is 5.75 Å². The number of rotatable bonds is 6. The molecular formula is C19H19Cl3N2O5S3. The van der Waals surface area contributed by atoms with Gasteiger partial charge in [0.2, 0.25) is 15.9 Å². The van der Waals surface area contributed by atoms with Crippen molar-refractivity contribution < 1.29 is 22.7 Å². The Morgan fingerprint density at radius 2 is 2.03 bits per heavy atom. The molecule has 2 saturated heterocycles. The number of ether oxygens (including phenoxy) is 1. The summed E-state index contributed by atoms with van der Waals surface area (Å²) in [5, 5.41) is 2.50. The number of hydrogen-bond donors (Lipinski definition) is 1. The molecule has 0 aliphatic carbocycles. The van der Waals surface area contributed by atoms with Crippen LogP contribution in [0.15, 0.2) is 29.2 Å². The van der Waals surface area contributed by atoms with Crippen molar-refractivity contribution in [2.75, 3.05) is 11.5 Å². The molecule has 1 N–H and O–H groups in total. The van der Waals surface area contributed by atoms with E-state index in [2.05, 4.69) is 5.32 Å². The van der Waals surface area contributed by atoms with Crippen LogP contribution >= 0.6 is 58.8 Å². The second-order valence-electron chi connectivity index (χ2n) is 7.14. The summed E-state index contributed by atoms with van der Waals surface area (Å²) >= 11 is 24.1. The van der Waals surface area contributed by atoms with E-state index in [1.165, 1.54) is 4.90 Å². The summed E-state index contributed by atoms with van der Waals surface area (Å²) < 4.78 is 27.6. The predicted molar refractivity (Wildman–Crippen MR) is 132 cm³/mol. The van der Waals surface area contributed by atoms with Gasteiger partial charge in [-0.2, -0.15) is 0 Å². The number of sulfone groups is 1. The number of carbonyl (C=O) groups is 2. The summed E-state index contributed by atoms with van der Waals surface area (Å²) in [6.45, 7) is 1.66. The van der Waals surface area contributed by atoms with Crippen molar-refractivity contribution in [3.05, 3.63) is 34.7 Å². The molecule has 0 spiro atoms. The molecule has 0 radical (unpaired) electrons. The average molecular weight is 558 g/mol. The van der Waals surface area contributed by atoms with E-state index in [-0.39, 0.29) is 29.7 Å². The fraction of sp³-hybridized carbons (Fsp3) is 0.421. The molecular weight excluding hydrogens is 539 g/mol. The Bertz CT molecular complexity index is 1050. The van der Waals surface area contributed by atoms with Gasteiger partial charge in [-0.25, -0.2) is 8.42 Å². The molecule has 2 heterocycles. The van der Waals surface area contributed by atoms with Gasteiger partial charge >= 0.3 is 0 Å². The van der Waals surface area contributed by atoms with E-state index in [4.69, 9.17) is 51.8 Å². The number of thiocarbonyl (C=S) groups is 1. The second-order valence-corrected chi connectivity index (χ2v) is 13.4. The van der Waals surface area contributed by atoms with Gasteiger partial charge in [-0.1, -0.05) is 77.8 Å². The first kappa shape index (κ1) is 25.6. The quantitative estimate of drug-likeness (QED) is 0.247. The minimum atomic E-state index is -3.14. The molecule has 2 amide bonds. The molecule has 0 aromatic heterocycles. The summed E-state index contributed by atoms with van der Waals surface area (Å²) in [4.78, 5) is 26.3. The molecule has 0 bridgehead atoms. The van der Waals surface area contributed by atoms with Crippen LogP contribution in [0.4, 0.5) is 0 Å². The summed E-state index contributed by atoms with van der Waals surface area (Å²) in [5.74, 6) is -0.310. The van der Waals surface area contributed by atoms with E-state index in [1.807, 2.05) is 0 Å². The van der Waals surface area contributed by atoms with E-state index in [1.54, 1.807) is 37.3 Å². The molecule has 2 aliphatic rings. The van der Waals surface area contributed by atoms with Crippen LogP contribution < -0.4 is 10.1 Å². The highest BCUT2D eigenvalue weighted by Crippen LogP contribution is 2.37. The Hall–Kier alpha value is -1.04. The lowest BCUT2D eigenvalue weighted by atomic mass is 10.2. The Morgan fingerprint density at radius 3 is 2.56 bits per heavy atom. The van der Waals surface area contributed by atoms with E-state index >= 15 is 0 Å². The Balaban J connectivity index is 1.71. The first-order chi connectivity index (χ1) is 14.9. The highest BCUT2D eigenvalue weighted by molar-refractivity contribution is 8.26. The molecule has 2 atom stereocenters. The van der Waals surface area contributed by atoms with Crippen LogP contribution in [0.3, 0.4) is 0 Å². The second kappa shape index (κ2) is 10.1. The third kappa shape index (κ3) is 6.30. The maximum Gasteiger partial charge on any atom is 0.266 e. The molecule has 32 heavy (non-hydrogen) atoms. The predicted octanol–water partition coefficient (Wildman–Crippen LogP) is 3.68. The lowest BCUT2D eigenvalue weighted by Gasteiger charge is -2.26. The molecule has 7 nitrogen and oxygen atoms in total. The number of carbonyl (C=O) groups excluding carboxylic acids is 2. The van der Waals surface area contributed by atoms with Gasteiger partial charge in [0.15, 0.2) is 9.84 Å². The van der Waals surface area contributed by atoms with Crippen molar-refractivity contribution in [2.24, 2.45) is 0 Å². The van der Waals surface area contributed by atoms with Crippen molar-refractivity contribution >= 4 is 90.8 Å². The number of amides is 2. The van der Waals surface area contributed by atoms with Crippen LogP contribution in [-0.4, -0.2) is 57.0 Å². The molecule has 0 saturated carbocycles. The third-order valence-corrected chi connectivity index (χ3v) is 8.41. The smallest absolute Gasteiger partial charge is 0.266 e. The van der Waals surface area contributed by atoms with Crippen LogP contribution in [0, 0.1) is 0 Å². The maximum absolute atomic E-state index is 12.8. The van der Waals surface area contributed by atoms with Gasteiger partial charge in [-0.05, 0) is 30.2 Å². The number of alkyl halides is 3. The minimum absolute atomic E-state index is 0.0587. The molecule has 3 rings (SSSR count). The number of nitrogens with one attached hydrogen (secondary N) is 1. The van der Waals surface area contributed by atoms with Gasteiger partial charge < -0.3 is 10.1 Å². The van der Waals surface area contributed by atoms with Crippen molar-refractivity contribution in [3.63, 3.8) is 0 Å². The number of halogens is 3. The van der Waals surface area contributed by atoms with Crippen molar-refractivity contribution in [3.8, 4) is 5.75 Å². The van der Waals surface area contributed by atoms with Crippen LogP contribution in [-0.2, 0) is 19.4 Å². The van der Waals surface area contributed by atoms with Crippen molar-refractivity contribution in [2.45, 2.75) is 35.8 Å². The number of benzene rings is 1. The zero-order valence-corrected chi connectivity index (χ0v) is 21.4. The monoisotopic (exact) mass is 556 g/mol. The van der Waals surface area contributed by atoms with Gasteiger partial charge in [0.25, 0.3) is 5.91 Å². The van der Waals surface area contributed by atoms with Crippen LogP contribution in [0.25, 0.3) is 6.08 Å². The van der Waals surface area contributed by atoms with E-state index < -0.39 is 25.9 Å². The molecule has 2 aliphatic heterocycles. The SMILES string of the molecule is CCC(=O)N[C@@H](Oc1ccc(/C=C2\SC(=S)N([C@@H]3CCS(=O)(=O)C3)C2=O)cc1)C(Cl)(Cl)Cl. The first-order valence-electron chi connectivity index (χ1n) is 9.50.